The molecule has 0 radical (unpaired) electrons. The topological polar surface area (TPSA) is 40.5 Å². The van der Waals surface area contributed by atoms with Crippen molar-refractivity contribution < 1.29 is 9.90 Å². The molecule has 0 aromatic heterocycles. The van der Waals surface area contributed by atoms with Gasteiger partial charge in [-0.2, -0.15) is 0 Å². The van der Waals surface area contributed by atoms with Gasteiger partial charge in [0.1, 0.15) is 0 Å². The summed E-state index contributed by atoms with van der Waals surface area (Å²) in [6.07, 6.45) is 2.21. The number of rotatable bonds is 3. The maximum absolute atomic E-state index is 10.6. The highest BCUT2D eigenvalue weighted by atomic mass is 16.4. The summed E-state index contributed by atoms with van der Waals surface area (Å²) >= 11 is 0. The van der Waals surface area contributed by atoms with E-state index >= 15 is 0 Å². The summed E-state index contributed by atoms with van der Waals surface area (Å²) in [6, 6.07) is 10.7. The van der Waals surface area contributed by atoms with Crippen molar-refractivity contribution >= 4 is 5.97 Å². The van der Waals surface area contributed by atoms with Crippen LogP contribution in [0.2, 0.25) is 0 Å². The number of nitrogens with zero attached hydrogens (tertiary/aromatic N) is 1. The quantitative estimate of drug-likeness (QED) is 0.811. The molecule has 0 amide bonds. The summed E-state index contributed by atoms with van der Waals surface area (Å²) < 4.78 is 0. The van der Waals surface area contributed by atoms with E-state index in [0.717, 1.165) is 25.1 Å². The Kier molecular flexibility index (Phi) is 3.59. The van der Waals surface area contributed by atoms with Crippen molar-refractivity contribution in [1.29, 1.82) is 0 Å². The van der Waals surface area contributed by atoms with Gasteiger partial charge in [0.05, 0.1) is 0 Å². The highest BCUT2D eigenvalue weighted by Gasteiger charge is 2.24. The van der Waals surface area contributed by atoms with Crippen LogP contribution in [0.5, 0.6) is 0 Å². The minimum absolute atomic E-state index is 0.417. The van der Waals surface area contributed by atoms with Crippen molar-refractivity contribution in [3.8, 4) is 0 Å². The second kappa shape index (κ2) is 5.15. The Morgan fingerprint density at radius 2 is 2.18 bits per heavy atom. The SMILES string of the molecule is CC1C/C(=C/C(=O)O)CN1Cc1ccccc1. The minimum Gasteiger partial charge on any atom is -0.478 e. The third kappa shape index (κ3) is 3.17. The van der Waals surface area contributed by atoms with Crippen LogP contribution in [-0.4, -0.2) is 28.6 Å². The lowest BCUT2D eigenvalue weighted by Crippen LogP contribution is -2.26. The molecular weight excluding hydrogens is 214 g/mol. The summed E-state index contributed by atoms with van der Waals surface area (Å²) in [6.45, 7) is 3.80. The van der Waals surface area contributed by atoms with Gasteiger partial charge in [0.2, 0.25) is 0 Å². The number of benzene rings is 1. The fourth-order valence-electron chi connectivity index (χ4n) is 2.30. The van der Waals surface area contributed by atoms with Crippen molar-refractivity contribution in [3.63, 3.8) is 0 Å². The predicted octanol–water partition coefficient (Wildman–Crippen LogP) is 2.29. The van der Waals surface area contributed by atoms with Crippen LogP contribution in [0, 0.1) is 0 Å². The second-order valence-electron chi connectivity index (χ2n) is 4.58. The summed E-state index contributed by atoms with van der Waals surface area (Å²) in [5, 5.41) is 8.74. The van der Waals surface area contributed by atoms with Gasteiger partial charge in [-0.05, 0) is 24.5 Å². The first kappa shape index (κ1) is 11.9. The predicted molar refractivity (Wildman–Crippen MR) is 66.6 cm³/mol. The van der Waals surface area contributed by atoms with E-state index in [-0.39, 0.29) is 0 Å². The Labute approximate surface area is 101 Å². The Hall–Kier alpha value is -1.61. The van der Waals surface area contributed by atoms with Crippen LogP contribution in [0.25, 0.3) is 0 Å². The van der Waals surface area contributed by atoms with Crippen molar-refractivity contribution in [1.82, 2.24) is 4.90 Å². The smallest absolute Gasteiger partial charge is 0.328 e. The highest BCUT2D eigenvalue weighted by molar-refractivity contribution is 5.80. The van der Waals surface area contributed by atoms with Gasteiger partial charge in [-0.15, -0.1) is 0 Å². The fraction of sp³-hybridized carbons (Fsp3) is 0.357. The minimum atomic E-state index is -0.839. The molecule has 1 aliphatic heterocycles. The molecule has 1 fully saturated rings. The van der Waals surface area contributed by atoms with Crippen LogP contribution in [0.4, 0.5) is 0 Å². The van der Waals surface area contributed by atoms with Gasteiger partial charge in [-0.1, -0.05) is 30.3 Å². The molecular formula is C14H17NO2. The monoisotopic (exact) mass is 231 g/mol. The zero-order valence-corrected chi connectivity index (χ0v) is 9.97. The first-order valence-corrected chi connectivity index (χ1v) is 5.85. The van der Waals surface area contributed by atoms with E-state index in [0.29, 0.717) is 6.04 Å². The van der Waals surface area contributed by atoms with E-state index in [1.165, 1.54) is 11.6 Å². The molecule has 1 aromatic rings. The summed E-state index contributed by atoms with van der Waals surface area (Å²) in [5.74, 6) is -0.839. The van der Waals surface area contributed by atoms with E-state index < -0.39 is 5.97 Å². The lowest BCUT2D eigenvalue weighted by atomic mass is 10.1. The standard InChI is InChI=1S/C14H17NO2/c1-11-7-13(8-14(16)17)10-15(11)9-12-5-3-2-4-6-12/h2-6,8,11H,7,9-10H2,1H3,(H,16,17)/b13-8-. The first-order valence-electron chi connectivity index (χ1n) is 5.85. The molecule has 0 bridgehead atoms. The molecule has 3 nitrogen and oxygen atoms in total. The summed E-state index contributed by atoms with van der Waals surface area (Å²) in [5.41, 5.74) is 2.29. The molecule has 1 aromatic carbocycles. The van der Waals surface area contributed by atoms with Crippen LogP contribution in [0.15, 0.2) is 42.0 Å². The van der Waals surface area contributed by atoms with Gasteiger partial charge in [0.15, 0.2) is 0 Å². The molecule has 1 saturated heterocycles. The van der Waals surface area contributed by atoms with Crippen molar-refractivity contribution in [2.24, 2.45) is 0 Å². The number of likely N-dealkylation sites (tertiary alicyclic amines) is 1. The van der Waals surface area contributed by atoms with Crippen LogP contribution >= 0.6 is 0 Å². The lowest BCUT2D eigenvalue weighted by Gasteiger charge is -2.20. The average molecular weight is 231 g/mol. The number of carboxylic acids is 1. The Bertz CT molecular complexity index is 425. The van der Waals surface area contributed by atoms with Crippen molar-refractivity contribution in [3.05, 3.63) is 47.5 Å². The number of carbonyl (C=O) groups is 1. The number of carboxylic acid groups (broad SMARTS) is 1. The van der Waals surface area contributed by atoms with Gasteiger partial charge in [-0.25, -0.2) is 4.79 Å². The Morgan fingerprint density at radius 3 is 2.82 bits per heavy atom. The molecule has 1 heterocycles. The van der Waals surface area contributed by atoms with Gasteiger partial charge in [0, 0.05) is 25.2 Å². The first-order chi connectivity index (χ1) is 8.15. The molecule has 0 saturated carbocycles. The molecule has 1 atom stereocenters. The second-order valence-corrected chi connectivity index (χ2v) is 4.58. The van der Waals surface area contributed by atoms with Crippen molar-refractivity contribution in [2.45, 2.75) is 25.9 Å². The zero-order valence-electron chi connectivity index (χ0n) is 9.97. The summed E-state index contributed by atoms with van der Waals surface area (Å²) in [4.78, 5) is 12.9. The third-order valence-corrected chi connectivity index (χ3v) is 3.14. The number of hydrogen-bond donors (Lipinski definition) is 1. The van der Waals surface area contributed by atoms with Crippen LogP contribution in [0.3, 0.4) is 0 Å². The van der Waals surface area contributed by atoms with E-state index in [2.05, 4.69) is 24.0 Å². The molecule has 2 rings (SSSR count). The molecule has 0 aliphatic carbocycles. The van der Waals surface area contributed by atoms with Gasteiger partial charge >= 0.3 is 5.97 Å². The maximum atomic E-state index is 10.6. The molecule has 0 spiro atoms. The molecule has 3 heteroatoms. The van der Waals surface area contributed by atoms with E-state index in [9.17, 15) is 4.79 Å². The van der Waals surface area contributed by atoms with Gasteiger partial charge in [-0.3, -0.25) is 4.90 Å². The van der Waals surface area contributed by atoms with Crippen LogP contribution in [-0.2, 0) is 11.3 Å². The average Bonchev–Trinajstić information content (AvgIpc) is 2.59. The third-order valence-electron chi connectivity index (χ3n) is 3.14. The maximum Gasteiger partial charge on any atom is 0.328 e. The van der Waals surface area contributed by atoms with Gasteiger partial charge in [0.25, 0.3) is 0 Å². The fourth-order valence-corrected chi connectivity index (χ4v) is 2.30. The molecule has 1 N–H and O–H groups in total. The molecule has 1 unspecified atom stereocenters. The lowest BCUT2D eigenvalue weighted by molar-refractivity contribution is -0.131. The van der Waals surface area contributed by atoms with E-state index in [1.807, 2.05) is 18.2 Å². The van der Waals surface area contributed by atoms with E-state index in [1.54, 1.807) is 0 Å². The normalized spacial score (nSPS) is 23.1. The van der Waals surface area contributed by atoms with Gasteiger partial charge < -0.3 is 5.11 Å². The molecule has 90 valence electrons. The Morgan fingerprint density at radius 1 is 1.47 bits per heavy atom. The molecule has 17 heavy (non-hydrogen) atoms. The van der Waals surface area contributed by atoms with E-state index in [4.69, 9.17) is 5.11 Å². The highest BCUT2D eigenvalue weighted by Crippen LogP contribution is 2.23. The summed E-state index contributed by atoms with van der Waals surface area (Å²) in [7, 11) is 0. The number of hydrogen-bond acceptors (Lipinski definition) is 2. The number of aliphatic carboxylic acids is 1. The molecule has 1 aliphatic rings. The Balaban J connectivity index is 2.02. The van der Waals surface area contributed by atoms with Crippen molar-refractivity contribution in [2.75, 3.05) is 6.54 Å². The van der Waals surface area contributed by atoms with Crippen LogP contribution < -0.4 is 0 Å². The largest absolute Gasteiger partial charge is 0.478 e. The zero-order chi connectivity index (χ0) is 12.3. The van der Waals surface area contributed by atoms with Crippen LogP contribution in [0.1, 0.15) is 18.9 Å².